The lowest BCUT2D eigenvalue weighted by molar-refractivity contribution is 0.102. The summed E-state index contributed by atoms with van der Waals surface area (Å²) < 4.78 is 3.26. The number of benzene rings is 3. The van der Waals surface area contributed by atoms with Crippen molar-refractivity contribution in [3.8, 4) is 0 Å². The fourth-order valence-electron chi connectivity index (χ4n) is 2.35. The topological polar surface area (TPSA) is 73.4 Å². The molecule has 0 spiro atoms. The fraction of sp³-hybridized carbons (Fsp3) is 0.0500. The molecule has 6 heteroatoms. The van der Waals surface area contributed by atoms with Crippen LogP contribution in [0.2, 0.25) is 0 Å². The first kappa shape index (κ1) is 17.8. The molecule has 5 nitrogen and oxygen atoms in total. The van der Waals surface area contributed by atoms with Gasteiger partial charge in [-0.1, -0.05) is 30.3 Å². The molecule has 0 radical (unpaired) electrons. The molecule has 0 fully saturated rings. The second-order valence-corrected chi connectivity index (χ2v) is 6.57. The molecule has 0 aliphatic rings. The quantitative estimate of drug-likeness (QED) is 0.358. The van der Waals surface area contributed by atoms with Crippen molar-refractivity contribution in [3.63, 3.8) is 0 Å². The predicted molar refractivity (Wildman–Crippen MR) is 107 cm³/mol. The van der Waals surface area contributed by atoms with E-state index < -0.39 is 0 Å². The maximum atomic E-state index is 12.4. The lowest BCUT2D eigenvalue weighted by Gasteiger charge is -2.10. The van der Waals surface area contributed by atoms with Gasteiger partial charge in [0.15, 0.2) is 0 Å². The Labute approximate surface area is 156 Å². The van der Waals surface area contributed by atoms with Gasteiger partial charge in [0.25, 0.3) is 5.91 Å². The van der Waals surface area contributed by atoms with E-state index in [9.17, 15) is 4.79 Å². The van der Waals surface area contributed by atoms with Crippen LogP contribution in [0.3, 0.4) is 0 Å². The molecule has 4 N–H and O–H groups in total. The van der Waals surface area contributed by atoms with Crippen LogP contribution < -0.4 is 15.5 Å². The fourth-order valence-corrected chi connectivity index (χ4v) is 3.01. The molecule has 0 aliphatic heterocycles. The Hall–Kier alpha value is -2.96. The highest BCUT2D eigenvalue weighted by Gasteiger charge is 2.09. The van der Waals surface area contributed by atoms with Crippen LogP contribution in [0.5, 0.6) is 0 Å². The first-order chi connectivity index (χ1) is 12.7. The van der Waals surface area contributed by atoms with Gasteiger partial charge in [-0.2, -0.15) is 0 Å². The summed E-state index contributed by atoms with van der Waals surface area (Å²) in [6, 6.07) is 22.6. The Morgan fingerprint density at radius 1 is 0.923 bits per heavy atom. The van der Waals surface area contributed by atoms with E-state index in [1.165, 1.54) is 11.9 Å². The standard InChI is InChI=1S/C20H19N3O2S/c1-14-10-11-15(12-19(14)22-25)20(24)21-16-6-5-7-17(13-16)23-26-18-8-3-2-4-9-18/h2-13,22-23,25H,1H3,(H,21,24). The summed E-state index contributed by atoms with van der Waals surface area (Å²) in [4.78, 5) is 13.5. The van der Waals surface area contributed by atoms with Crippen LogP contribution in [0.4, 0.5) is 17.1 Å². The van der Waals surface area contributed by atoms with Crippen LogP contribution in [-0.4, -0.2) is 11.1 Å². The lowest BCUT2D eigenvalue weighted by atomic mass is 10.1. The van der Waals surface area contributed by atoms with Crippen molar-refractivity contribution in [2.45, 2.75) is 11.8 Å². The zero-order chi connectivity index (χ0) is 18.4. The summed E-state index contributed by atoms with van der Waals surface area (Å²) >= 11 is 1.51. The van der Waals surface area contributed by atoms with Gasteiger partial charge in [-0.05, 0) is 66.9 Å². The van der Waals surface area contributed by atoms with Crippen molar-refractivity contribution in [2.24, 2.45) is 0 Å². The van der Waals surface area contributed by atoms with Crippen LogP contribution in [0, 0.1) is 6.92 Å². The van der Waals surface area contributed by atoms with Crippen LogP contribution >= 0.6 is 11.9 Å². The third kappa shape index (κ3) is 4.56. The lowest BCUT2D eigenvalue weighted by Crippen LogP contribution is -2.12. The summed E-state index contributed by atoms with van der Waals surface area (Å²) in [5.74, 6) is -0.241. The van der Waals surface area contributed by atoms with E-state index in [0.29, 0.717) is 16.9 Å². The molecular weight excluding hydrogens is 346 g/mol. The average Bonchev–Trinajstić information content (AvgIpc) is 2.68. The molecule has 0 atom stereocenters. The van der Waals surface area contributed by atoms with Gasteiger partial charge < -0.3 is 10.0 Å². The maximum Gasteiger partial charge on any atom is 0.255 e. The maximum absolute atomic E-state index is 12.4. The summed E-state index contributed by atoms with van der Waals surface area (Å²) in [7, 11) is 0. The van der Waals surface area contributed by atoms with E-state index >= 15 is 0 Å². The number of hydrogen-bond acceptors (Lipinski definition) is 5. The number of anilines is 3. The van der Waals surface area contributed by atoms with Gasteiger partial charge in [0.2, 0.25) is 0 Å². The number of carbonyl (C=O) groups is 1. The third-order valence-corrected chi connectivity index (χ3v) is 4.62. The normalized spacial score (nSPS) is 10.2. The highest BCUT2D eigenvalue weighted by Crippen LogP contribution is 2.23. The summed E-state index contributed by atoms with van der Waals surface area (Å²) in [5.41, 5.74) is 5.50. The Morgan fingerprint density at radius 3 is 2.46 bits per heavy atom. The number of carbonyl (C=O) groups excluding carboxylic acids is 1. The van der Waals surface area contributed by atoms with Gasteiger partial charge in [-0.15, -0.1) is 0 Å². The molecule has 0 saturated heterocycles. The second kappa shape index (κ2) is 8.42. The van der Waals surface area contributed by atoms with E-state index in [2.05, 4.69) is 15.5 Å². The number of amides is 1. The van der Waals surface area contributed by atoms with Crippen molar-refractivity contribution >= 4 is 34.9 Å². The molecule has 0 saturated carbocycles. The minimum atomic E-state index is -0.241. The van der Waals surface area contributed by atoms with Gasteiger partial charge in [0.05, 0.1) is 5.69 Å². The van der Waals surface area contributed by atoms with E-state index in [1.807, 2.05) is 61.5 Å². The molecule has 26 heavy (non-hydrogen) atoms. The van der Waals surface area contributed by atoms with Crippen LogP contribution in [0.15, 0.2) is 77.7 Å². The van der Waals surface area contributed by atoms with Gasteiger partial charge in [0, 0.05) is 21.8 Å². The SMILES string of the molecule is Cc1ccc(C(=O)Nc2cccc(NSc3ccccc3)c2)cc1NO. The Bertz CT molecular complexity index is 901. The number of nitrogens with one attached hydrogen (secondary N) is 3. The van der Waals surface area contributed by atoms with Gasteiger partial charge in [-0.25, -0.2) is 0 Å². The van der Waals surface area contributed by atoms with Crippen LogP contribution in [0.25, 0.3) is 0 Å². The predicted octanol–water partition coefficient (Wildman–Crippen LogP) is 5.17. The van der Waals surface area contributed by atoms with E-state index in [-0.39, 0.29) is 5.91 Å². The van der Waals surface area contributed by atoms with Crippen LogP contribution in [0.1, 0.15) is 15.9 Å². The highest BCUT2D eigenvalue weighted by atomic mass is 32.2. The molecule has 3 rings (SSSR count). The first-order valence-corrected chi connectivity index (χ1v) is 8.87. The Balaban J connectivity index is 1.67. The number of aryl methyl sites for hydroxylation is 1. The zero-order valence-electron chi connectivity index (χ0n) is 14.2. The smallest absolute Gasteiger partial charge is 0.255 e. The van der Waals surface area contributed by atoms with Gasteiger partial charge >= 0.3 is 0 Å². The van der Waals surface area contributed by atoms with Crippen molar-refractivity contribution < 1.29 is 10.0 Å². The van der Waals surface area contributed by atoms with Crippen molar-refractivity contribution in [2.75, 3.05) is 15.5 Å². The summed E-state index contributed by atoms with van der Waals surface area (Å²) in [6.45, 7) is 1.85. The molecule has 0 heterocycles. The molecule has 3 aromatic rings. The number of rotatable bonds is 6. The molecule has 132 valence electrons. The molecule has 0 aromatic heterocycles. The summed E-state index contributed by atoms with van der Waals surface area (Å²) in [6.07, 6.45) is 0. The van der Waals surface area contributed by atoms with E-state index in [1.54, 1.807) is 18.2 Å². The van der Waals surface area contributed by atoms with Gasteiger partial charge in [0.1, 0.15) is 0 Å². The van der Waals surface area contributed by atoms with Crippen molar-refractivity contribution in [3.05, 3.63) is 83.9 Å². The number of hydrogen-bond donors (Lipinski definition) is 4. The summed E-state index contributed by atoms with van der Waals surface area (Å²) in [5, 5.41) is 12.0. The largest absolute Gasteiger partial charge is 0.326 e. The first-order valence-electron chi connectivity index (χ1n) is 8.06. The minimum absolute atomic E-state index is 0.241. The molecule has 3 aromatic carbocycles. The minimum Gasteiger partial charge on any atom is -0.326 e. The van der Waals surface area contributed by atoms with E-state index in [0.717, 1.165) is 16.1 Å². The third-order valence-electron chi connectivity index (χ3n) is 3.77. The molecular formula is C20H19N3O2S. The van der Waals surface area contributed by atoms with Gasteiger partial charge in [-0.3, -0.25) is 15.5 Å². The van der Waals surface area contributed by atoms with Crippen molar-refractivity contribution in [1.82, 2.24) is 0 Å². The Morgan fingerprint density at radius 2 is 1.69 bits per heavy atom. The molecule has 0 unspecified atom stereocenters. The molecule has 0 aliphatic carbocycles. The highest BCUT2D eigenvalue weighted by molar-refractivity contribution is 8.00. The monoisotopic (exact) mass is 365 g/mol. The molecule has 0 bridgehead atoms. The Kier molecular flexibility index (Phi) is 5.78. The second-order valence-electron chi connectivity index (χ2n) is 5.69. The zero-order valence-corrected chi connectivity index (χ0v) is 15.0. The average molecular weight is 365 g/mol. The van der Waals surface area contributed by atoms with Crippen molar-refractivity contribution in [1.29, 1.82) is 0 Å². The van der Waals surface area contributed by atoms with Crippen LogP contribution in [-0.2, 0) is 0 Å². The van der Waals surface area contributed by atoms with E-state index in [4.69, 9.17) is 5.21 Å². The molecule has 1 amide bonds.